The molecule has 1 fully saturated rings. The van der Waals surface area contributed by atoms with Crippen LogP contribution in [0.15, 0.2) is 18.9 Å². The molecule has 3 nitrogen and oxygen atoms in total. The molecule has 86 valence electrons. The molecule has 1 N–H and O–H groups in total. The van der Waals surface area contributed by atoms with Crippen LogP contribution in [0.3, 0.4) is 0 Å². The highest BCUT2D eigenvalue weighted by Gasteiger charge is 2.35. The summed E-state index contributed by atoms with van der Waals surface area (Å²) in [6.45, 7) is 6.14. The number of H-pyrrole nitrogens is 1. The number of aromatic nitrogens is 2. The minimum Gasteiger partial charge on any atom is -0.296 e. The molecule has 0 bridgehead atoms. The molecule has 2 heterocycles. The second-order valence-corrected chi connectivity index (χ2v) is 5.04. The lowest BCUT2D eigenvalue weighted by Crippen LogP contribution is -2.49. The van der Waals surface area contributed by atoms with E-state index >= 15 is 0 Å². The van der Waals surface area contributed by atoms with E-state index in [1.807, 2.05) is 12.3 Å². The molecule has 16 heavy (non-hydrogen) atoms. The van der Waals surface area contributed by atoms with E-state index < -0.39 is 0 Å². The normalized spacial score (nSPS) is 29.5. The fraction of sp³-hybridized carbons (Fsp3) is 0.615. The number of nitrogens with one attached hydrogen (secondary N) is 1. The molecule has 0 aromatic carbocycles. The number of nitrogens with zero attached hydrogens (tertiary/aromatic N) is 2. The van der Waals surface area contributed by atoms with Crippen molar-refractivity contribution in [2.45, 2.75) is 31.7 Å². The highest BCUT2D eigenvalue weighted by atomic mass is 15.2. The molecule has 0 spiro atoms. The van der Waals surface area contributed by atoms with Gasteiger partial charge in [0.2, 0.25) is 0 Å². The molecular weight excluding hydrogens is 198 g/mol. The first-order valence-electron chi connectivity index (χ1n) is 6.24. The number of aromatic amines is 1. The van der Waals surface area contributed by atoms with E-state index in [9.17, 15) is 0 Å². The largest absolute Gasteiger partial charge is 0.296 e. The van der Waals surface area contributed by atoms with E-state index in [0.717, 1.165) is 18.5 Å². The molecule has 1 aliphatic heterocycles. The molecule has 3 rings (SSSR count). The Labute approximate surface area is 96.5 Å². The molecule has 2 unspecified atom stereocenters. The predicted octanol–water partition coefficient (Wildman–Crippen LogP) is 1.77. The molecule has 2 atom stereocenters. The summed E-state index contributed by atoms with van der Waals surface area (Å²) < 4.78 is 0. The fourth-order valence-corrected chi connectivity index (χ4v) is 3.32. The maximum atomic E-state index is 4.17. The zero-order valence-electron chi connectivity index (χ0n) is 9.65. The summed E-state index contributed by atoms with van der Waals surface area (Å²) in [7, 11) is 0. The van der Waals surface area contributed by atoms with E-state index in [0.29, 0.717) is 0 Å². The molecular formula is C13H19N3. The van der Waals surface area contributed by atoms with E-state index in [2.05, 4.69) is 21.7 Å². The average Bonchev–Trinajstić information content (AvgIpc) is 2.74. The summed E-state index contributed by atoms with van der Waals surface area (Å²) in [6.07, 6.45) is 9.10. The molecule has 1 aromatic heterocycles. The van der Waals surface area contributed by atoms with E-state index in [1.54, 1.807) is 0 Å². The van der Waals surface area contributed by atoms with Crippen LogP contribution in [0, 0.1) is 5.92 Å². The summed E-state index contributed by atoms with van der Waals surface area (Å²) in [5, 5.41) is 7.32. The van der Waals surface area contributed by atoms with Crippen LogP contribution in [-0.4, -0.2) is 34.2 Å². The molecule has 0 radical (unpaired) electrons. The van der Waals surface area contributed by atoms with Gasteiger partial charge in [0.15, 0.2) is 0 Å². The van der Waals surface area contributed by atoms with Gasteiger partial charge >= 0.3 is 0 Å². The van der Waals surface area contributed by atoms with Gasteiger partial charge in [-0.2, -0.15) is 5.10 Å². The molecule has 1 aromatic rings. The van der Waals surface area contributed by atoms with E-state index in [4.69, 9.17) is 0 Å². The fourth-order valence-electron chi connectivity index (χ4n) is 3.32. The zero-order chi connectivity index (χ0) is 11.0. The van der Waals surface area contributed by atoms with Crippen LogP contribution in [0.5, 0.6) is 0 Å². The monoisotopic (exact) mass is 217 g/mol. The van der Waals surface area contributed by atoms with Crippen LogP contribution in [0.2, 0.25) is 0 Å². The summed E-state index contributed by atoms with van der Waals surface area (Å²) in [4.78, 5) is 2.59. The van der Waals surface area contributed by atoms with Gasteiger partial charge in [-0.3, -0.25) is 10.00 Å². The molecule has 0 saturated carbocycles. The maximum Gasteiger partial charge on any atom is 0.0522 e. The van der Waals surface area contributed by atoms with Crippen molar-refractivity contribution in [2.24, 2.45) is 5.92 Å². The van der Waals surface area contributed by atoms with Crippen LogP contribution in [-0.2, 0) is 12.8 Å². The molecule has 0 amide bonds. The molecule has 2 aliphatic rings. The van der Waals surface area contributed by atoms with Crippen molar-refractivity contribution >= 4 is 0 Å². The van der Waals surface area contributed by atoms with Crippen LogP contribution < -0.4 is 0 Å². The Hall–Kier alpha value is -1.09. The first-order chi connectivity index (χ1) is 7.88. The second kappa shape index (κ2) is 4.06. The second-order valence-electron chi connectivity index (χ2n) is 5.04. The molecule has 3 heteroatoms. The van der Waals surface area contributed by atoms with Gasteiger partial charge < -0.3 is 0 Å². The van der Waals surface area contributed by atoms with Gasteiger partial charge in [0.05, 0.1) is 6.20 Å². The van der Waals surface area contributed by atoms with Crippen molar-refractivity contribution in [2.75, 3.05) is 13.1 Å². The predicted molar refractivity (Wildman–Crippen MR) is 64.3 cm³/mol. The summed E-state index contributed by atoms with van der Waals surface area (Å²) in [5.41, 5.74) is 2.80. The van der Waals surface area contributed by atoms with Crippen molar-refractivity contribution in [3.05, 3.63) is 30.1 Å². The van der Waals surface area contributed by atoms with Crippen LogP contribution >= 0.6 is 0 Å². The number of hydrogen-bond donors (Lipinski definition) is 1. The number of hydrogen-bond acceptors (Lipinski definition) is 2. The lowest BCUT2D eigenvalue weighted by molar-refractivity contribution is 0.0968. The summed E-state index contributed by atoms with van der Waals surface area (Å²) in [6, 6.07) is 0.719. The third-order valence-electron chi connectivity index (χ3n) is 4.10. The van der Waals surface area contributed by atoms with Crippen LogP contribution in [0.4, 0.5) is 0 Å². The Kier molecular flexibility index (Phi) is 2.56. The van der Waals surface area contributed by atoms with Crippen LogP contribution in [0.25, 0.3) is 0 Å². The van der Waals surface area contributed by atoms with Gasteiger partial charge in [-0.25, -0.2) is 0 Å². The minimum atomic E-state index is 0.719. The third-order valence-corrected chi connectivity index (χ3v) is 4.10. The standard InChI is InChI=1S/C13H19N3/c1-2-5-16-6-3-4-10-7-12-11(8-13(10)16)9-14-15-12/h2,9-10,13H,1,3-8H2,(H,14,15). The highest BCUT2D eigenvalue weighted by Crippen LogP contribution is 2.33. The quantitative estimate of drug-likeness (QED) is 0.766. The molecule has 1 aliphatic carbocycles. The average molecular weight is 217 g/mol. The van der Waals surface area contributed by atoms with Gasteiger partial charge in [-0.1, -0.05) is 6.08 Å². The van der Waals surface area contributed by atoms with Gasteiger partial charge in [-0.15, -0.1) is 6.58 Å². The van der Waals surface area contributed by atoms with Gasteiger partial charge in [0, 0.05) is 18.3 Å². The van der Waals surface area contributed by atoms with Gasteiger partial charge in [0.25, 0.3) is 0 Å². The summed E-state index contributed by atoms with van der Waals surface area (Å²) in [5.74, 6) is 0.821. The lowest BCUT2D eigenvalue weighted by atomic mass is 9.78. The van der Waals surface area contributed by atoms with Crippen LogP contribution in [0.1, 0.15) is 24.1 Å². The Morgan fingerprint density at radius 3 is 3.38 bits per heavy atom. The SMILES string of the molecule is C=CCN1CCCC2Cc3[nH]ncc3CC21. The third kappa shape index (κ3) is 1.59. The number of fused-ring (bicyclic) bond motifs is 2. The lowest BCUT2D eigenvalue weighted by Gasteiger charge is -2.43. The van der Waals surface area contributed by atoms with Gasteiger partial charge in [-0.05, 0) is 43.7 Å². The smallest absolute Gasteiger partial charge is 0.0522 e. The van der Waals surface area contributed by atoms with Crippen molar-refractivity contribution in [3.8, 4) is 0 Å². The maximum absolute atomic E-state index is 4.17. The number of likely N-dealkylation sites (tertiary alicyclic amines) is 1. The van der Waals surface area contributed by atoms with Gasteiger partial charge in [0.1, 0.15) is 0 Å². The number of rotatable bonds is 2. The van der Waals surface area contributed by atoms with E-state index in [1.165, 1.54) is 43.5 Å². The minimum absolute atomic E-state index is 0.719. The number of piperidine rings is 1. The van der Waals surface area contributed by atoms with Crippen molar-refractivity contribution < 1.29 is 0 Å². The summed E-state index contributed by atoms with van der Waals surface area (Å²) >= 11 is 0. The van der Waals surface area contributed by atoms with E-state index in [-0.39, 0.29) is 0 Å². The first kappa shape index (κ1) is 10.1. The Morgan fingerprint density at radius 2 is 2.50 bits per heavy atom. The Bertz CT molecular complexity index is 382. The topological polar surface area (TPSA) is 31.9 Å². The van der Waals surface area contributed by atoms with Crippen molar-refractivity contribution in [3.63, 3.8) is 0 Å². The highest BCUT2D eigenvalue weighted by molar-refractivity contribution is 5.23. The van der Waals surface area contributed by atoms with Crippen molar-refractivity contribution in [1.82, 2.24) is 15.1 Å². The Morgan fingerprint density at radius 1 is 1.56 bits per heavy atom. The Balaban J connectivity index is 1.84. The van der Waals surface area contributed by atoms with Crippen molar-refractivity contribution in [1.29, 1.82) is 0 Å². The first-order valence-corrected chi connectivity index (χ1v) is 6.24. The zero-order valence-corrected chi connectivity index (χ0v) is 9.65. The molecule has 1 saturated heterocycles.